The van der Waals surface area contributed by atoms with Gasteiger partial charge >= 0.3 is 0 Å². The summed E-state index contributed by atoms with van der Waals surface area (Å²) in [6.45, 7) is 4.07. The Balaban J connectivity index is 1.62. The Bertz CT molecular complexity index is 894. The second-order valence-electron chi connectivity index (χ2n) is 6.62. The van der Waals surface area contributed by atoms with Crippen LogP contribution in [0.2, 0.25) is 0 Å². The van der Waals surface area contributed by atoms with Gasteiger partial charge in [-0.15, -0.1) is 0 Å². The van der Waals surface area contributed by atoms with Gasteiger partial charge in [-0.1, -0.05) is 12.1 Å². The molecule has 0 bridgehead atoms. The fourth-order valence-electron chi connectivity index (χ4n) is 2.91. The Labute approximate surface area is 164 Å². The molecule has 1 aliphatic rings. The van der Waals surface area contributed by atoms with E-state index < -0.39 is 5.91 Å². The predicted molar refractivity (Wildman–Crippen MR) is 110 cm³/mol. The Morgan fingerprint density at radius 1 is 1.11 bits per heavy atom. The van der Waals surface area contributed by atoms with Gasteiger partial charge in [0.1, 0.15) is 17.4 Å². The molecule has 28 heavy (non-hydrogen) atoms. The molecule has 1 saturated heterocycles. The van der Waals surface area contributed by atoms with Gasteiger partial charge in [0.05, 0.1) is 5.69 Å². The van der Waals surface area contributed by atoms with Gasteiger partial charge in [0, 0.05) is 43.8 Å². The number of phenols is 1. The highest BCUT2D eigenvalue weighted by Crippen LogP contribution is 2.22. The first-order valence-electron chi connectivity index (χ1n) is 9.06. The summed E-state index contributed by atoms with van der Waals surface area (Å²) >= 11 is 0. The van der Waals surface area contributed by atoms with E-state index in [1.807, 2.05) is 30.3 Å². The topological polar surface area (TPSA) is 91.6 Å². The van der Waals surface area contributed by atoms with E-state index in [1.165, 1.54) is 12.3 Å². The normalized spacial score (nSPS) is 15.0. The lowest BCUT2D eigenvalue weighted by atomic mass is 10.2. The van der Waals surface area contributed by atoms with Crippen molar-refractivity contribution >= 4 is 23.0 Å². The summed E-state index contributed by atoms with van der Waals surface area (Å²) in [6, 6.07) is 16.1. The molecular formula is C21H23N5O2. The van der Waals surface area contributed by atoms with Crippen LogP contribution < -0.4 is 15.5 Å². The van der Waals surface area contributed by atoms with Crippen molar-refractivity contribution in [3.8, 4) is 11.8 Å². The molecule has 0 spiro atoms. The molecule has 3 rings (SSSR count). The number of piperazine rings is 1. The molecule has 144 valence electrons. The zero-order valence-electron chi connectivity index (χ0n) is 15.7. The van der Waals surface area contributed by atoms with Crippen molar-refractivity contribution in [1.82, 2.24) is 4.90 Å². The smallest absolute Gasteiger partial charge is 0.267 e. The first-order chi connectivity index (χ1) is 13.6. The molecule has 0 radical (unpaired) electrons. The van der Waals surface area contributed by atoms with Gasteiger partial charge in [-0.25, -0.2) is 0 Å². The number of amides is 1. The summed E-state index contributed by atoms with van der Waals surface area (Å²) in [5.41, 5.74) is 2.10. The third-order valence-corrected chi connectivity index (χ3v) is 4.64. The number of hydrogen-bond donors (Lipinski definition) is 3. The third-order valence-electron chi connectivity index (χ3n) is 4.64. The van der Waals surface area contributed by atoms with Gasteiger partial charge in [-0.3, -0.25) is 4.79 Å². The molecule has 2 aromatic carbocycles. The molecule has 2 aromatic rings. The molecule has 1 amide bonds. The highest BCUT2D eigenvalue weighted by molar-refractivity contribution is 6.07. The third kappa shape index (κ3) is 4.81. The minimum Gasteiger partial charge on any atom is -0.506 e. The number of phenolic OH excluding ortho intramolecular Hbond substituents is 1. The molecule has 3 N–H and O–H groups in total. The lowest BCUT2D eigenvalue weighted by Gasteiger charge is -2.34. The van der Waals surface area contributed by atoms with Crippen LogP contribution in [-0.2, 0) is 4.79 Å². The lowest BCUT2D eigenvalue weighted by molar-refractivity contribution is -0.112. The number of para-hydroxylation sites is 2. The van der Waals surface area contributed by atoms with Crippen LogP contribution in [0.5, 0.6) is 5.75 Å². The maximum Gasteiger partial charge on any atom is 0.267 e. The van der Waals surface area contributed by atoms with Crippen molar-refractivity contribution < 1.29 is 9.90 Å². The van der Waals surface area contributed by atoms with Crippen LogP contribution in [0.25, 0.3) is 0 Å². The van der Waals surface area contributed by atoms with E-state index >= 15 is 0 Å². The monoisotopic (exact) mass is 377 g/mol. The Hall–Kier alpha value is -3.50. The van der Waals surface area contributed by atoms with Crippen molar-refractivity contribution in [3.63, 3.8) is 0 Å². The summed E-state index contributed by atoms with van der Waals surface area (Å²) in [5.74, 6) is -0.647. The van der Waals surface area contributed by atoms with Gasteiger partial charge in [0.25, 0.3) is 5.91 Å². The molecule has 1 fully saturated rings. The van der Waals surface area contributed by atoms with Gasteiger partial charge < -0.3 is 25.5 Å². The first-order valence-corrected chi connectivity index (χ1v) is 9.06. The van der Waals surface area contributed by atoms with Crippen LogP contribution in [0.1, 0.15) is 0 Å². The number of nitrogens with zero attached hydrogens (tertiary/aromatic N) is 3. The zero-order chi connectivity index (χ0) is 19.9. The fourth-order valence-corrected chi connectivity index (χ4v) is 2.91. The standard InChI is InChI=1S/C21H23N5O2/c1-25-10-12-26(13-11-25)18-8-6-17(7-9-18)23-15-16(14-22)21(28)24-19-4-2-3-5-20(19)27/h2-9,15,23,27H,10-13H2,1H3,(H,24,28)/b16-15-. The molecule has 0 atom stereocenters. The van der Waals surface area contributed by atoms with Gasteiger partial charge in [-0.05, 0) is 43.4 Å². The highest BCUT2D eigenvalue weighted by Gasteiger charge is 2.14. The van der Waals surface area contributed by atoms with E-state index in [0.717, 1.165) is 37.6 Å². The quantitative estimate of drug-likeness (QED) is 0.421. The number of likely N-dealkylation sites (N-methyl/N-ethyl adjacent to an activating group) is 1. The highest BCUT2D eigenvalue weighted by atomic mass is 16.3. The van der Waals surface area contributed by atoms with Gasteiger partial charge in [-0.2, -0.15) is 5.26 Å². The minimum absolute atomic E-state index is 0.0550. The van der Waals surface area contributed by atoms with Crippen molar-refractivity contribution in [2.75, 3.05) is 48.8 Å². The Morgan fingerprint density at radius 2 is 1.79 bits per heavy atom. The summed E-state index contributed by atoms with van der Waals surface area (Å²) in [6.07, 6.45) is 1.36. The SMILES string of the molecule is CN1CCN(c2ccc(N/C=C(/C#N)C(=O)Nc3ccccc3O)cc2)CC1. The van der Waals surface area contributed by atoms with E-state index in [0.29, 0.717) is 0 Å². The van der Waals surface area contributed by atoms with Crippen LogP contribution in [-0.4, -0.2) is 49.1 Å². The first kappa shape index (κ1) is 19.3. The predicted octanol–water partition coefficient (Wildman–Crippen LogP) is 2.60. The van der Waals surface area contributed by atoms with E-state index in [1.54, 1.807) is 18.2 Å². The van der Waals surface area contributed by atoms with Crippen LogP contribution in [0.4, 0.5) is 17.1 Å². The number of hydrogen-bond acceptors (Lipinski definition) is 6. The van der Waals surface area contributed by atoms with Crippen molar-refractivity contribution in [2.45, 2.75) is 0 Å². The molecule has 1 aliphatic heterocycles. The summed E-state index contributed by atoms with van der Waals surface area (Å²) in [4.78, 5) is 16.9. The van der Waals surface area contributed by atoms with Crippen LogP contribution in [0.3, 0.4) is 0 Å². The van der Waals surface area contributed by atoms with E-state index in [2.05, 4.69) is 27.5 Å². The van der Waals surface area contributed by atoms with Gasteiger partial charge in [0.15, 0.2) is 0 Å². The second kappa shape index (κ2) is 8.93. The van der Waals surface area contributed by atoms with E-state index in [9.17, 15) is 15.2 Å². The maximum atomic E-state index is 12.2. The average Bonchev–Trinajstić information content (AvgIpc) is 2.71. The summed E-state index contributed by atoms with van der Waals surface area (Å²) in [5, 5.41) is 24.5. The van der Waals surface area contributed by atoms with E-state index in [-0.39, 0.29) is 17.0 Å². The molecule has 0 aliphatic carbocycles. The molecule has 7 heteroatoms. The molecule has 1 heterocycles. The maximum absolute atomic E-state index is 12.2. The van der Waals surface area contributed by atoms with Crippen LogP contribution >= 0.6 is 0 Å². The van der Waals surface area contributed by atoms with Crippen LogP contribution in [0.15, 0.2) is 60.3 Å². The molecule has 7 nitrogen and oxygen atoms in total. The number of anilines is 3. The molecule has 0 unspecified atom stereocenters. The number of benzene rings is 2. The van der Waals surface area contributed by atoms with Crippen molar-refractivity contribution in [2.24, 2.45) is 0 Å². The molecule has 0 aromatic heterocycles. The summed E-state index contributed by atoms with van der Waals surface area (Å²) in [7, 11) is 2.12. The van der Waals surface area contributed by atoms with E-state index in [4.69, 9.17) is 0 Å². The summed E-state index contributed by atoms with van der Waals surface area (Å²) < 4.78 is 0. The van der Waals surface area contributed by atoms with Crippen molar-refractivity contribution in [3.05, 3.63) is 60.3 Å². The van der Waals surface area contributed by atoms with Crippen LogP contribution in [0, 0.1) is 11.3 Å². The molecule has 0 saturated carbocycles. The Kier molecular flexibility index (Phi) is 6.14. The number of carbonyl (C=O) groups is 1. The number of aromatic hydroxyl groups is 1. The number of rotatable bonds is 5. The Morgan fingerprint density at radius 3 is 2.43 bits per heavy atom. The number of nitriles is 1. The second-order valence-corrected chi connectivity index (χ2v) is 6.62. The zero-order valence-corrected chi connectivity index (χ0v) is 15.7. The minimum atomic E-state index is -0.592. The average molecular weight is 377 g/mol. The lowest BCUT2D eigenvalue weighted by Crippen LogP contribution is -2.44. The number of carbonyl (C=O) groups excluding carboxylic acids is 1. The van der Waals surface area contributed by atoms with Crippen molar-refractivity contribution in [1.29, 1.82) is 5.26 Å². The number of nitrogens with one attached hydrogen (secondary N) is 2. The van der Waals surface area contributed by atoms with Gasteiger partial charge in [0.2, 0.25) is 0 Å². The largest absolute Gasteiger partial charge is 0.506 e. The fraction of sp³-hybridized carbons (Fsp3) is 0.238. The molecular weight excluding hydrogens is 354 g/mol.